The topological polar surface area (TPSA) is 69.6 Å². The summed E-state index contributed by atoms with van der Waals surface area (Å²) < 4.78 is 0. The number of nitrogens with one attached hydrogen (secondary N) is 1. The highest BCUT2D eigenvalue weighted by Crippen LogP contribution is 2.16. The van der Waals surface area contributed by atoms with Crippen LogP contribution in [0.2, 0.25) is 0 Å². The van der Waals surface area contributed by atoms with Gasteiger partial charge in [0.25, 0.3) is 0 Å². The number of carbonyl (C=O) groups is 1. The van der Waals surface area contributed by atoms with Gasteiger partial charge in [0.1, 0.15) is 0 Å². The third kappa shape index (κ3) is 46.7. The van der Waals surface area contributed by atoms with Gasteiger partial charge in [-0.1, -0.05) is 254 Å². The lowest BCUT2D eigenvalue weighted by Gasteiger charge is -2.22. The van der Waals surface area contributed by atoms with Gasteiger partial charge in [-0.2, -0.15) is 0 Å². The van der Waals surface area contributed by atoms with Crippen molar-refractivity contribution in [2.75, 3.05) is 6.61 Å². The van der Waals surface area contributed by atoms with Crippen molar-refractivity contribution in [3.05, 3.63) is 72.9 Å². The molecule has 0 aromatic carbocycles. The molecule has 0 aromatic rings. The average Bonchev–Trinajstić information content (AvgIpc) is 3.24. The standard InChI is InChI=1S/C55H99NO3/c1-3-5-7-9-11-13-15-17-19-21-22-23-24-25-26-27-28-29-30-31-32-33-34-35-37-39-41-43-45-47-49-51-55(59)56-53(52-57)54(58)50-48-46-44-42-40-38-36-20-18-16-14-12-10-8-6-4-2/h5,7,11,13,17,19,22-23,25-26,28-29,53-54,57-58H,3-4,6,8-10,12,14-16,18,20-21,24,27,30-52H2,1-2H3,(H,56,59)/b7-5-,13-11-,19-17-,23-22-,26-25-,29-28-. The largest absolute Gasteiger partial charge is 0.394 e. The van der Waals surface area contributed by atoms with Crippen LogP contribution in [0.4, 0.5) is 0 Å². The summed E-state index contributed by atoms with van der Waals surface area (Å²) in [6, 6.07) is -0.540. The van der Waals surface area contributed by atoms with E-state index in [1.807, 2.05) is 0 Å². The van der Waals surface area contributed by atoms with Crippen molar-refractivity contribution in [2.45, 2.75) is 264 Å². The SMILES string of the molecule is CC/C=C\C/C=C\C/C=C\C/C=C\C/C=C\C/C=C\CCCCCCCCCCCCCCC(=O)NC(CO)C(O)CCCCCCCCCCCCCCCCCC. The van der Waals surface area contributed by atoms with Gasteiger partial charge in [0.15, 0.2) is 0 Å². The van der Waals surface area contributed by atoms with E-state index >= 15 is 0 Å². The minimum Gasteiger partial charge on any atom is -0.394 e. The van der Waals surface area contributed by atoms with Gasteiger partial charge in [-0.05, 0) is 64.2 Å². The van der Waals surface area contributed by atoms with Gasteiger partial charge in [0.2, 0.25) is 5.91 Å². The quantitative estimate of drug-likeness (QED) is 0.0423. The zero-order valence-corrected chi connectivity index (χ0v) is 39.3. The Morgan fingerprint density at radius 3 is 1.12 bits per heavy atom. The predicted octanol–water partition coefficient (Wildman–Crippen LogP) is 16.6. The number of hydrogen-bond donors (Lipinski definition) is 3. The molecule has 0 radical (unpaired) electrons. The molecule has 0 aromatic heterocycles. The molecule has 0 rings (SSSR count). The lowest BCUT2D eigenvalue weighted by Crippen LogP contribution is -2.45. The van der Waals surface area contributed by atoms with Gasteiger partial charge in [0, 0.05) is 6.42 Å². The third-order valence-electron chi connectivity index (χ3n) is 11.5. The van der Waals surface area contributed by atoms with Crippen LogP contribution in [-0.2, 0) is 4.79 Å². The Morgan fingerprint density at radius 2 is 0.746 bits per heavy atom. The van der Waals surface area contributed by atoms with E-state index in [9.17, 15) is 15.0 Å². The van der Waals surface area contributed by atoms with Gasteiger partial charge >= 0.3 is 0 Å². The first kappa shape index (κ1) is 56.8. The summed E-state index contributed by atoms with van der Waals surface area (Å²) in [4.78, 5) is 12.5. The van der Waals surface area contributed by atoms with E-state index in [-0.39, 0.29) is 12.5 Å². The molecule has 0 spiro atoms. The summed E-state index contributed by atoms with van der Waals surface area (Å²) in [5, 5.41) is 23.3. The molecule has 2 atom stereocenters. The molecule has 342 valence electrons. The van der Waals surface area contributed by atoms with Crippen molar-refractivity contribution in [1.29, 1.82) is 0 Å². The second-order valence-electron chi connectivity index (χ2n) is 17.2. The zero-order valence-electron chi connectivity index (χ0n) is 39.3. The molecule has 2 unspecified atom stereocenters. The monoisotopic (exact) mass is 822 g/mol. The molecule has 0 saturated carbocycles. The van der Waals surface area contributed by atoms with Crippen LogP contribution in [-0.4, -0.2) is 34.9 Å². The van der Waals surface area contributed by atoms with Crippen LogP contribution in [0.1, 0.15) is 251 Å². The van der Waals surface area contributed by atoms with Gasteiger partial charge in [-0.15, -0.1) is 0 Å². The van der Waals surface area contributed by atoms with E-state index in [4.69, 9.17) is 0 Å². The molecule has 1 amide bonds. The van der Waals surface area contributed by atoms with Crippen LogP contribution >= 0.6 is 0 Å². The van der Waals surface area contributed by atoms with E-state index < -0.39 is 12.1 Å². The van der Waals surface area contributed by atoms with Crippen LogP contribution in [0.25, 0.3) is 0 Å². The van der Waals surface area contributed by atoms with Crippen LogP contribution in [0.15, 0.2) is 72.9 Å². The van der Waals surface area contributed by atoms with Crippen molar-refractivity contribution < 1.29 is 15.0 Å². The minimum absolute atomic E-state index is 0.0348. The normalized spacial score (nSPS) is 13.5. The van der Waals surface area contributed by atoms with Gasteiger partial charge in [-0.3, -0.25) is 4.79 Å². The van der Waals surface area contributed by atoms with Crippen molar-refractivity contribution in [3.8, 4) is 0 Å². The van der Waals surface area contributed by atoms with E-state index in [2.05, 4.69) is 92.1 Å². The van der Waals surface area contributed by atoms with Crippen molar-refractivity contribution in [2.24, 2.45) is 0 Å². The third-order valence-corrected chi connectivity index (χ3v) is 11.5. The molecule has 4 heteroatoms. The Hall–Kier alpha value is -2.17. The number of unbranched alkanes of at least 4 members (excludes halogenated alkanes) is 27. The first-order valence-electron chi connectivity index (χ1n) is 25.6. The van der Waals surface area contributed by atoms with Crippen LogP contribution < -0.4 is 5.32 Å². The number of amides is 1. The number of aliphatic hydroxyl groups is 2. The summed E-state index contributed by atoms with van der Waals surface area (Å²) in [5.41, 5.74) is 0. The molecule has 0 bridgehead atoms. The van der Waals surface area contributed by atoms with Crippen molar-refractivity contribution >= 4 is 5.91 Å². The summed E-state index contributed by atoms with van der Waals surface area (Å²) in [6.45, 7) is 4.25. The summed E-state index contributed by atoms with van der Waals surface area (Å²) >= 11 is 0. The molecule has 4 nitrogen and oxygen atoms in total. The van der Waals surface area contributed by atoms with E-state index in [1.165, 1.54) is 161 Å². The molecular weight excluding hydrogens is 723 g/mol. The molecule has 0 saturated heterocycles. The molecule has 0 fully saturated rings. The zero-order chi connectivity index (χ0) is 42.8. The Labute approximate surface area is 368 Å². The van der Waals surface area contributed by atoms with E-state index in [0.29, 0.717) is 12.8 Å². The number of allylic oxidation sites excluding steroid dienone is 12. The van der Waals surface area contributed by atoms with Gasteiger partial charge < -0.3 is 15.5 Å². The highest BCUT2D eigenvalue weighted by atomic mass is 16.3. The molecular formula is C55H99NO3. The van der Waals surface area contributed by atoms with Gasteiger partial charge in [0.05, 0.1) is 18.8 Å². The smallest absolute Gasteiger partial charge is 0.220 e. The molecule has 59 heavy (non-hydrogen) atoms. The Morgan fingerprint density at radius 1 is 0.424 bits per heavy atom. The van der Waals surface area contributed by atoms with Crippen LogP contribution in [0.5, 0.6) is 0 Å². The van der Waals surface area contributed by atoms with E-state index in [0.717, 1.165) is 64.2 Å². The van der Waals surface area contributed by atoms with Crippen LogP contribution in [0.3, 0.4) is 0 Å². The molecule has 0 aliphatic carbocycles. The summed E-state index contributed by atoms with van der Waals surface area (Å²) in [6.07, 6.45) is 71.4. The molecule has 0 aliphatic rings. The second-order valence-corrected chi connectivity index (χ2v) is 17.2. The van der Waals surface area contributed by atoms with E-state index in [1.54, 1.807) is 0 Å². The Bertz CT molecular complexity index is 1020. The fourth-order valence-electron chi connectivity index (χ4n) is 7.60. The lowest BCUT2D eigenvalue weighted by atomic mass is 10.0. The highest BCUT2D eigenvalue weighted by molar-refractivity contribution is 5.76. The van der Waals surface area contributed by atoms with Crippen LogP contribution in [0, 0.1) is 0 Å². The predicted molar refractivity (Wildman–Crippen MR) is 262 cm³/mol. The maximum atomic E-state index is 12.5. The molecule has 0 aliphatic heterocycles. The van der Waals surface area contributed by atoms with Crippen molar-refractivity contribution in [3.63, 3.8) is 0 Å². The number of carbonyl (C=O) groups excluding carboxylic acids is 1. The fourth-order valence-corrected chi connectivity index (χ4v) is 7.60. The lowest BCUT2D eigenvalue weighted by molar-refractivity contribution is -0.123. The van der Waals surface area contributed by atoms with Crippen molar-refractivity contribution in [1.82, 2.24) is 5.32 Å². The summed E-state index contributed by atoms with van der Waals surface area (Å²) in [5.74, 6) is -0.0348. The molecule has 0 heterocycles. The minimum atomic E-state index is -0.663. The number of aliphatic hydroxyl groups excluding tert-OH is 2. The second kappa shape index (κ2) is 50.2. The summed E-state index contributed by atoms with van der Waals surface area (Å²) in [7, 11) is 0. The van der Waals surface area contributed by atoms with Gasteiger partial charge in [-0.25, -0.2) is 0 Å². The maximum absolute atomic E-state index is 12.5. The first-order valence-corrected chi connectivity index (χ1v) is 25.6. The molecule has 3 N–H and O–H groups in total. The first-order chi connectivity index (χ1) is 29.2. The Kier molecular flexibility index (Phi) is 48.3. The fraction of sp³-hybridized carbons (Fsp3) is 0.764. The number of hydrogen-bond acceptors (Lipinski definition) is 3. The highest BCUT2D eigenvalue weighted by Gasteiger charge is 2.20. The Balaban J connectivity index is 3.52. The average molecular weight is 822 g/mol. The maximum Gasteiger partial charge on any atom is 0.220 e. The number of rotatable bonds is 46.